The molecule has 18 heteroatoms. The third-order valence-electron chi connectivity index (χ3n) is 15.0. The van der Waals surface area contributed by atoms with Crippen molar-refractivity contribution in [3.05, 3.63) is 52.1 Å². The minimum atomic E-state index is -2.01. The van der Waals surface area contributed by atoms with Gasteiger partial charge in [0.1, 0.15) is 29.6 Å². The maximum absolute atomic E-state index is 15.1. The van der Waals surface area contributed by atoms with Crippen molar-refractivity contribution < 1.29 is 52.5 Å². The number of rotatable bonds is 19. The highest BCUT2D eigenvalue weighted by molar-refractivity contribution is 8.77. The van der Waals surface area contributed by atoms with Crippen LogP contribution in [-0.2, 0) is 44.6 Å². The molecule has 0 radical (unpaired) electrons. The van der Waals surface area contributed by atoms with Crippen molar-refractivity contribution in [2.75, 3.05) is 31.3 Å². The summed E-state index contributed by atoms with van der Waals surface area (Å²) in [5.74, 6) is 3.22. The standard InChI is InChI=1S/C56H80ClFN4O10S2/c1-36-21-20-22-38(3)56(69)35-43(70-52(68)60-56)39(4)50-54(8,72-50)45(34-48(66)62(10)42-33-41(31-36)32-37(2)49(42)57)71-51(67)40(5)61(9)47(65)25-28-53(6,7)74-73-30-29-59-46(64)24-17-13-12-16-23-44(63)55(58)26-18-14-11-15-19-27-55/h20-22,32-33,38-40,43,45,50,69H,11-18,23-26,28-31,34-35H2,1-10H3,(H,59,64)(H,60,68)/b22-20+,36-21+/t38-,39-,40+,43+,45+,50+,54+,55?,56+/m1/s1. The molecule has 4 aliphatic rings. The van der Waals surface area contributed by atoms with Crippen LogP contribution in [0, 0.1) is 30.6 Å². The average molecular weight is 1090 g/mol. The van der Waals surface area contributed by atoms with Gasteiger partial charge in [-0.1, -0.05) is 108 Å². The van der Waals surface area contributed by atoms with Crippen molar-refractivity contribution in [2.45, 2.75) is 204 Å². The van der Waals surface area contributed by atoms with Crippen LogP contribution in [0.2, 0.25) is 5.02 Å². The lowest BCUT2D eigenvalue weighted by Crippen LogP contribution is -2.60. The number of carbonyl (C=O) groups excluding carboxylic acids is 6. The number of epoxide rings is 1. The van der Waals surface area contributed by atoms with Crippen molar-refractivity contribution in [3.63, 3.8) is 0 Å². The molecule has 14 nitrogen and oxygen atoms in total. The van der Waals surface area contributed by atoms with E-state index < -0.39 is 76.9 Å². The number of alkyl halides is 1. The van der Waals surface area contributed by atoms with E-state index in [1.807, 2.05) is 71.9 Å². The summed E-state index contributed by atoms with van der Waals surface area (Å²) in [7, 11) is 6.39. The first-order valence-corrected chi connectivity index (χ1v) is 29.0. The number of ether oxygens (including phenoxy) is 3. The average Bonchev–Trinajstić information content (AvgIpc) is 4.03. The minimum Gasteiger partial charge on any atom is -0.457 e. The first-order chi connectivity index (χ1) is 34.8. The Morgan fingerprint density at radius 3 is 2.54 bits per heavy atom. The van der Waals surface area contributed by atoms with Crippen LogP contribution in [0.1, 0.15) is 156 Å². The Morgan fingerprint density at radius 1 is 1.09 bits per heavy atom. The fourth-order valence-electron chi connectivity index (χ4n) is 9.66. The summed E-state index contributed by atoms with van der Waals surface area (Å²) in [6, 6.07) is 2.81. The number of hydrogen-bond donors (Lipinski definition) is 3. The molecular formula is C56H80ClFN4O10S2. The van der Waals surface area contributed by atoms with Crippen molar-refractivity contribution in [1.82, 2.24) is 15.5 Å². The molecule has 410 valence electrons. The van der Waals surface area contributed by atoms with Crippen LogP contribution in [0.15, 0.2) is 35.9 Å². The number of alkyl carbamates (subject to hydrolysis) is 1. The van der Waals surface area contributed by atoms with Gasteiger partial charge in [0, 0.05) is 81.5 Å². The number of nitrogens with one attached hydrogen (secondary N) is 2. The molecule has 9 atom stereocenters. The Bertz CT molecular complexity index is 2340. The Morgan fingerprint density at radius 2 is 1.81 bits per heavy atom. The van der Waals surface area contributed by atoms with Gasteiger partial charge in [0.15, 0.2) is 5.78 Å². The highest BCUT2D eigenvalue weighted by Crippen LogP contribution is 2.49. The van der Waals surface area contributed by atoms with Gasteiger partial charge in [-0.05, 0) is 97.3 Å². The fourth-order valence-corrected chi connectivity index (χ4v) is 12.4. The fraction of sp³-hybridized carbons (Fsp3) is 0.679. The summed E-state index contributed by atoms with van der Waals surface area (Å²) >= 11 is 6.84. The topological polar surface area (TPSA) is 184 Å². The molecule has 1 aliphatic carbocycles. The molecule has 5 rings (SSSR count). The highest BCUT2D eigenvalue weighted by atomic mass is 35.5. The summed E-state index contributed by atoms with van der Waals surface area (Å²) in [4.78, 5) is 82.8. The number of aliphatic hydroxyl groups is 1. The molecule has 2 fully saturated rings. The number of carbonyl (C=O) groups is 6. The Kier molecular flexibility index (Phi) is 22.0. The van der Waals surface area contributed by atoms with E-state index in [9.17, 15) is 33.9 Å². The lowest BCUT2D eigenvalue weighted by atomic mass is 9.82. The van der Waals surface area contributed by atoms with Crippen LogP contribution in [0.3, 0.4) is 0 Å². The summed E-state index contributed by atoms with van der Waals surface area (Å²) in [6.07, 6.45) is 9.93. The normalized spacial score (nSPS) is 29.0. The van der Waals surface area contributed by atoms with E-state index in [4.69, 9.17) is 25.8 Å². The molecule has 4 amide bonds. The number of benzene rings is 1. The molecule has 0 saturated carbocycles. The van der Waals surface area contributed by atoms with Gasteiger partial charge >= 0.3 is 12.1 Å². The molecule has 74 heavy (non-hydrogen) atoms. The molecule has 3 heterocycles. The Balaban J connectivity index is 1.13. The first-order valence-electron chi connectivity index (χ1n) is 26.3. The molecule has 3 N–H and O–H groups in total. The quantitative estimate of drug-likeness (QED) is 0.0392. The van der Waals surface area contributed by atoms with E-state index in [2.05, 4.69) is 22.5 Å². The smallest absolute Gasteiger partial charge is 0.409 e. The number of fused-ring (bicyclic) bond motifs is 5. The summed E-state index contributed by atoms with van der Waals surface area (Å²) < 4.78 is 33.1. The number of Topliss-reactive ketones (excluding diaryl/α,β-unsaturated/α-hetero) is 1. The molecule has 1 aromatic carbocycles. The van der Waals surface area contributed by atoms with E-state index in [0.717, 1.165) is 42.4 Å². The second-order valence-corrected chi connectivity index (χ2v) is 25.2. The van der Waals surface area contributed by atoms with Crippen molar-refractivity contribution in [1.29, 1.82) is 0 Å². The second-order valence-electron chi connectivity index (χ2n) is 21.7. The zero-order valence-corrected chi connectivity index (χ0v) is 47.6. The van der Waals surface area contributed by atoms with E-state index >= 15 is 4.39 Å². The van der Waals surface area contributed by atoms with Gasteiger partial charge in [0.05, 0.1) is 23.2 Å². The molecule has 1 aromatic rings. The maximum Gasteiger partial charge on any atom is 0.409 e. The van der Waals surface area contributed by atoms with Gasteiger partial charge in [-0.3, -0.25) is 24.5 Å². The van der Waals surface area contributed by atoms with E-state index in [-0.39, 0.29) is 48.7 Å². The monoisotopic (exact) mass is 1090 g/mol. The van der Waals surface area contributed by atoms with Crippen molar-refractivity contribution >= 4 is 74.4 Å². The third kappa shape index (κ3) is 16.7. The molecule has 3 aliphatic heterocycles. The lowest BCUT2D eigenvalue weighted by molar-refractivity contribution is -0.162. The highest BCUT2D eigenvalue weighted by Gasteiger charge is 2.64. The second kappa shape index (κ2) is 26.8. The number of amides is 4. The van der Waals surface area contributed by atoms with Gasteiger partial charge in [0.25, 0.3) is 0 Å². The van der Waals surface area contributed by atoms with Crippen LogP contribution < -0.4 is 15.5 Å². The van der Waals surface area contributed by atoms with E-state index in [0.29, 0.717) is 68.0 Å². The summed E-state index contributed by atoms with van der Waals surface area (Å²) in [6.45, 7) is 15.4. The molecule has 2 saturated heterocycles. The van der Waals surface area contributed by atoms with Gasteiger partial charge in [-0.2, -0.15) is 0 Å². The third-order valence-corrected chi connectivity index (χ3v) is 18.8. The predicted octanol–water partition coefficient (Wildman–Crippen LogP) is 10.1. The van der Waals surface area contributed by atoms with Crippen LogP contribution in [0.5, 0.6) is 0 Å². The number of nitrogens with zero attached hydrogens (tertiary/aromatic N) is 2. The number of esters is 1. The van der Waals surface area contributed by atoms with Gasteiger partial charge in [0.2, 0.25) is 23.4 Å². The number of unbranched alkanes of at least 4 members (excludes halogenated alkanes) is 3. The van der Waals surface area contributed by atoms with Gasteiger partial charge in [-0.15, -0.1) is 0 Å². The molecule has 1 unspecified atom stereocenters. The van der Waals surface area contributed by atoms with Crippen LogP contribution in [-0.4, -0.2) is 118 Å². The predicted molar refractivity (Wildman–Crippen MR) is 291 cm³/mol. The minimum absolute atomic E-state index is 0.0422. The molecular weight excluding hydrogens is 1010 g/mol. The number of aryl methyl sites for hydroxylation is 1. The Hall–Kier alpha value is -4.08. The Labute approximate surface area is 451 Å². The van der Waals surface area contributed by atoms with E-state index in [1.165, 1.54) is 9.80 Å². The number of anilines is 1. The summed E-state index contributed by atoms with van der Waals surface area (Å²) in [5, 5.41) is 17.8. The SMILES string of the molecule is C/C1=C\C=C\[C@@H](C)[C@@]2(O)C[C@H](OC(=O)N2)[C@@H](C)[C@@H]2O[C@@]2(C)[C@@H](OC(=O)[C@H](C)N(C)C(=O)CCC(C)(C)SSCCNC(=O)CCCCCCC(=O)C2(F)C#CCCCCC2)CC(=O)N(C)c2cc(cc(C)c2Cl)C1. The van der Waals surface area contributed by atoms with Crippen molar-refractivity contribution in [3.8, 4) is 11.8 Å². The zero-order chi connectivity index (χ0) is 54.6. The summed E-state index contributed by atoms with van der Waals surface area (Å²) in [5.41, 5.74) is -1.65. The van der Waals surface area contributed by atoms with Crippen LogP contribution in [0.4, 0.5) is 14.9 Å². The largest absolute Gasteiger partial charge is 0.457 e. The van der Waals surface area contributed by atoms with Gasteiger partial charge < -0.3 is 34.4 Å². The number of hydrogen-bond acceptors (Lipinski definition) is 12. The first kappa shape index (κ1) is 60.8. The molecule has 0 aromatic heterocycles. The number of ketones is 1. The number of allylic oxidation sites excluding steroid dienone is 3. The molecule has 0 spiro atoms. The van der Waals surface area contributed by atoms with E-state index in [1.54, 1.807) is 49.5 Å². The zero-order valence-electron chi connectivity index (χ0n) is 45.2. The lowest BCUT2D eigenvalue weighted by Gasteiger charge is -2.41. The van der Waals surface area contributed by atoms with Crippen molar-refractivity contribution in [2.24, 2.45) is 11.8 Å². The number of halogens is 2. The maximum atomic E-state index is 15.1. The van der Waals surface area contributed by atoms with Crippen LogP contribution >= 0.6 is 33.2 Å². The van der Waals surface area contributed by atoms with Gasteiger partial charge in [-0.25, -0.2) is 14.0 Å². The number of likely N-dealkylation sites (N-methyl/N-ethyl adjacent to an activating group) is 1. The molecule has 4 bridgehead atoms. The van der Waals surface area contributed by atoms with Crippen LogP contribution in [0.25, 0.3) is 0 Å².